The molecular formula is C21H27F3N2O2. The normalized spacial score (nSPS) is 11.8. The van der Waals surface area contributed by atoms with Gasteiger partial charge in [-0.1, -0.05) is 26.0 Å². The number of ether oxygens (including phenoxy) is 1. The zero-order valence-electron chi connectivity index (χ0n) is 16.5. The average molecular weight is 396 g/mol. The highest BCUT2D eigenvalue weighted by Crippen LogP contribution is 2.29. The lowest BCUT2D eigenvalue weighted by Gasteiger charge is -2.24. The highest BCUT2D eigenvalue weighted by molar-refractivity contribution is 5.76. The molecule has 154 valence electrons. The van der Waals surface area contributed by atoms with Gasteiger partial charge in [0.15, 0.2) is 0 Å². The molecule has 1 amide bonds. The van der Waals surface area contributed by atoms with E-state index in [0.717, 1.165) is 17.8 Å². The first-order valence-electron chi connectivity index (χ1n) is 9.27. The Kier molecular flexibility index (Phi) is 7.69. The van der Waals surface area contributed by atoms with Crippen molar-refractivity contribution >= 4 is 5.91 Å². The zero-order chi connectivity index (χ0) is 20.7. The molecule has 1 aromatic carbocycles. The lowest BCUT2D eigenvalue weighted by Crippen LogP contribution is -2.34. The molecule has 1 heterocycles. The number of rotatable bonds is 9. The Labute approximate surface area is 163 Å². The number of aromatic nitrogens is 1. The number of amides is 1. The van der Waals surface area contributed by atoms with E-state index >= 15 is 0 Å². The SMILES string of the molecule is COCCN(Cc1cccn1Cc1cccc(C(F)(F)F)c1)C(=O)CC(C)C. The van der Waals surface area contributed by atoms with Gasteiger partial charge in [-0.15, -0.1) is 0 Å². The number of hydrogen-bond acceptors (Lipinski definition) is 2. The summed E-state index contributed by atoms with van der Waals surface area (Å²) in [6, 6.07) is 9.04. The minimum Gasteiger partial charge on any atom is -0.383 e. The van der Waals surface area contributed by atoms with E-state index < -0.39 is 11.7 Å². The highest BCUT2D eigenvalue weighted by atomic mass is 19.4. The molecule has 0 saturated heterocycles. The predicted molar refractivity (Wildman–Crippen MR) is 102 cm³/mol. The summed E-state index contributed by atoms with van der Waals surface area (Å²) in [5, 5.41) is 0. The number of benzene rings is 1. The third-order valence-corrected chi connectivity index (χ3v) is 4.38. The minimum absolute atomic E-state index is 0.0406. The number of carbonyl (C=O) groups excluding carboxylic acids is 1. The van der Waals surface area contributed by atoms with Crippen LogP contribution >= 0.6 is 0 Å². The Morgan fingerprint density at radius 3 is 2.61 bits per heavy atom. The molecule has 1 aromatic heterocycles. The summed E-state index contributed by atoms with van der Waals surface area (Å²) >= 11 is 0. The third kappa shape index (κ3) is 6.41. The van der Waals surface area contributed by atoms with Gasteiger partial charge in [-0.05, 0) is 35.7 Å². The Hall–Kier alpha value is -2.28. The molecule has 2 rings (SSSR count). The maximum Gasteiger partial charge on any atom is 0.416 e. The van der Waals surface area contributed by atoms with Crippen molar-refractivity contribution in [2.75, 3.05) is 20.3 Å². The monoisotopic (exact) mass is 396 g/mol. The van der Waals surface area contributed by atoms with Crippen molar-refractivity contribution in [1.82, 2.24) is 9.47 Å². The molecule has 0 spiro atoms. The molecule has 0 atom stereocenters. The Morgan fingerprint density at radius 1 is 1.21 bits per heavy atom. The Balaban J connectivity index is 2.16. The van der Waals surface area contributed by atoms with Crippen LogP contribution in [-0.2, 0) is 28.8 Å². The van der Waals surface area contributed by atoms with E-state index in [9.17, 15) is 18.0 Å². The van der Waals surface area contributed by atoms with E-state index in [1.165, 1.54) is 6.07 Å². The van der Waals surface area contributed by atoms with Gasteiger partial charge in [0.2, 0.25) is 5.91 Å². The molecule has 0 bridgehead atoms. The van der Waals surface area contributed by atoms with Crippen molar-refractivity contribution in [3.05, 3.63) is 59.4 Å². The molecule has 0 aliphatic heterocycles. The standard InChI is InChI=1S/C21H27F3N2O2/c1-16(2)12-20(27)26(10-11-28-3)15-19-8-5-9-25(19)14-17-6-4-7-18(13-17)21(22,23)24/h4-9,13,16H,10-12,14-15H2,1-3H3. The molecule has 0 unspecified atom stereocenters. The third-order valence-electron chi connectivity index (χ3n) is 4.38. The van der Waals surface area contributed by atoms with Crippen molar-refractivity contribution in [2.24, 2.45) is 5.92 Å². The Morgan fingerprint density at radius 2 is 1.96 bits per heavy atom. The Bertz CT molecular complexity index is 769. The lowest BCUT2D eigenvalue weighted by atomic mass is 10.1. The number of halogens is 3. The second-order valence-electron chi connectivity index (χ2n) is 7.23. The van der Waals surface area contributed by atoms with E-state index in [4.69, 9.17) is 4.74 Å². The van der Waals surface area contributed by atoms with Crippen molar-refractivity contribution in [2.45, 2.75) is 39.5 Å². The number of carbonyl (C=O) groups is 1. The molecule has 0 saturated carbocycles. The minimum atomic E-state index is -4.37. The van der Waals surface area contributed by atoms with Crippen LogP contribution in [0, 0.1) is 5.92 Å². The van der Waals surface area contributed by atoms with Crippen LogP contribution in [0.1, 0.15) is 37.1 Å². The van der Waals surface area contributed by atoms with Gasteiger partial charge < -0.3 is 14.2 Å². The molecule has 0 aliphatic carbocycles. The molecule has 28 heavy (non-hydrogen) atoms. The molecule has 7 heteroatoms. The topological polar surface area (TPSA) is 34.5 Å². The highest BCUT2D eigenvalue weighted by Gasteiger charge is 2.30. The maximum atomic E-state index is 12.9. The van der Waals surface area contributed by atoms with Gasteiger partial charge in [-0.2, -0.15) is 13.2 Å². The van der Waals surface area contributed by atoms with Crippen LogP contribution in [0.4, 0.5) is 13.2 Å². The molecule has 0 N–H and O–H groups in total. The van der Waals surface area contributed by atoms with E-state index in [1.807, 2.05) is 36.7 Å². The molecule has 4 nitrogen and oxygen atoms in total. The summed E-state index contributed by atoms with van der Waals surface area (Å²) in [6.07, 6.45) is -2.11. The molecule has 2 aromatic rings. The fourth-order valence-corrected chi connectivity index (χ4v) is 2.96. The predicted octanol–water partition coefficient (Wildman–Crippen LogP) is 4.58. The van der Waals surface area contributed by atoms with Gasteiger partial charge in [0.1, 0.15) is 0 Å². The average Bonchev–Trinajstić information content (AvgIpc) is 3.04. The number of methoxy groups -OCH3 is 1. The number of alkyl halides is 3. The van der Waals surface area contributed by atoms with Crippen LogP contribution in [0.2, 0.25) is 0 Å². The molecule has 0 radical (unpaired) electrons. The lowest BCUT2D eigenvalue weighted by molar-refractivity contribution is -0.137. The van der Waals surface area contributed by atoms with Gasteiger partial charge in [-0.3, -0.25) is 4.79 Å². The van der Waals surface area contributed by atoms with Crippen LogP contribution < -0.4 is 0 Å². The smallest absolute Gasteiger partial charge is 0.383 e. The summed E-state index contributed by atoms with van der Waals surface area (Å²) < 4.78 is 45.8. The maximum absolute atomic E-state index is 12.9. The van der Waals surface area contributed by atoms with Crippen LogP contribution in [0.15, 0.2) is 42.6 Å². The molecular weight excluding hydrogens is 369 g/mol. The van der Waals surface area contributed by atoms with Crippen LogP contribution in [0.5, 0.6) is 0 Å². The fraction of sp³-hybridized carbons (Fsp3) is 0.476. The second-order valence-corrected chi connectivity index (χ2v) is 7.23. The first-order valence-corrected chi connectivity index (χ1v) is 9.27. The van der Waals surface area contributed by atoms with E-state index in [-0.39, 0.29) is 11.8 Å². The largest absolute Gasteiger partial charge is 0.416 e. The molecule has 0 aliphatic rings. The van der Waals surface area contributed by atoms with Crippen molar-refractivity contribution in [1.29, 1.82) is 0 Å². The first-order chi connectivity index (χ1) is 13.2. The number of nitrogens with zero attached hydrogens (tertiary/aromatic N) is 2. The van der Waals surface area contributed by atoms with Gasteiger partial charge in [0.25, 0.3) is 0 Å². The van der Waals surface area contributed by atoms with E-state index in [1.54, 1.807) is 18.1 Å². The fourth-order valence-electron chi connectivity index (χ4n) is 2.96. The summed E-state index contributed by atoms with van der Waals surface area (Å²) in [4.78, 5) is 14.3. The summed E-state index contributed by atoms with van der Waals surface area (Å²) in [5.41, 5.74) is 0.766. The van der Waals surface area contributed by atoms with Crippen LogP contribution in [0.25, 0.3) is 0 Å². The van der Waals surface area contributed by atoms with Crippen LogP contribution in [0.3, 0.4) is 0 Å². The van der Waals surface area contributed by atoms with Gasteiger partial charge in [0.05, 0.1) is 18.7 Å². The molecule has 0 fully saturated rings. The second kappa shape index (κ2) is 9.78. The van der Waals surface area contributed by atoms with E-state index in [2.05, 4.69) is 0 Å². The van der Waals surface area contributed by atoms with Crippen molar-refractivity contribution in [3.8, 4) is 0 Å². The summed E-state index contributed by atoms with van der Waals surface area (Å²) in [7, 11) is 1.58. The van der Waals surface area contributed by atoms with Crippen LogP contribution in [-0.4, -0.2) is 35.6 Å². The van der Waals surface area contributed by atoms with Gasteiger partial charge >= 0.3 is 6.18 Å². The first kappa shape index (κ1) is 22.0. The summed E-state index contributed by atoms with van der Waals surface area (Å²) in [5.74, 6) is 0.285. The quantitative estimate of drug-likeness (QED) is 0.622. The van der Waals surface area contributed by atoms with Crippen molar-refractivity contribution in [3.63, 3.8) is 0 Å². The van der Waals surface area contributed by atoms with E-state index in [0.29, 0.717) is 38.2 Å². The van der Waals surface area contributed by atoms with Crippen molar-refractivity contribution < 1.29 is 22.7 Å². The van der Waals surface area contributed by atoms with Gasteiger partial charge in [-0.25, -0.2) is 0 Å². The zero-order valence-corrected chi connectivity index (χ0v) is 16.5. The summed E-state index contributed by atoms with van der Waals surface area (Å²) in [6.45, 7) is 5.57. The number of hydrogen-bond donors (Lipinski definition) is 0. The van der Waals surface area contributed by atoms with Gasteiger partial charge in [0, 0.05) is 38.5 Å².